The fraction of sp³-hybridized carbons (Fsp3) is 0.133. The van der Waals surface area contributed by atoms with Crippen LogP contribution in [0.25, 0.3) is 22.2 Å². The number of hydrogen-bond donors (Lipinski definition) is 2. The molecular formula is C15H15N3. The Morgan fingerprint density at radius 3 is 2.72 bits per heavy atom. The normalized spacial score (nSPS) is 10.8. The Bertz CT molecular complexity index is 681. The molecule has 0 radical (unpaired) electrons. The van der Waals surface area contributed by atoms with E-state index in [2.05, 4.69) is 52.5 Å². The standard InChI is InChI=1S/C15H15N3/c1-10-3-4-11-8-14(18-13(11)7-10)12-5-6-15(16-2)17-9-12/h3-9,18H,1-2H3,(H,16,17). The van der Waals surface area contributed by atoms with Gasteiger partial charge >= 0.3 is 0 Å². The van der Waals surface area contributed by atoms with Crippen molar-refractivity contribution in [1.82, 2.24) is 9.97 Å². The molecule has 0 saturated carbocycles. The topological polar surface area (TPSA) is 40.7 Å². The molecule has 0 atom stereocenters. The molecule has 0 saturated heterocycles. The predicted octanol–water partition coefficient (Wildman–Crippen LogP) is 3.58. The van der Waals surface area contributed by atoms with Crippen molar-refractivity contribution in [3.63, 3.8) is 0 Å². The minimum Gasteiger partial charge on any atom is -0.373 e. The summed E-state index contributed by atoms with van der Waals surface area (Å²) in [6.45, 7) is 2.10. The summed E-state index contributed by atoms with van der Waals surface area (Å²) in [5, 5.41) is 4.25. The third-order valence-electron chi connectivity index (χ3n) is 3.11. The molecule has 90 valence electrons. The van der Waals surface area contributed by atoms with Gasteiger partial charge in [-0.3, -0.25) is 0 Å². The summed E-state index contributed by atoms with van der Waals surface area (Å²) in [5.74, 6) is 0.880. The van der Waals surface area contributed by atoms with Gasteiger partial charge in [0.2, 0.25) is 0 Å². The number of aromatic amines is 1. The van der Waals surface area contributed by atoms with Gasteiger partial charge in [-0.1, -0.05) is 12.1 Å². The molecule has 18 heavy (non-hydrogen) atoms. The van der Waals surface area contributed by atoms with E-state index in [-0.39, 0.29) is 0 Å². The summed E-state index contributed by atoms with van der Waals surface area (Å²) < 4.78 is 0. The van der Waals surface area contributed by atoms with Crippen LogP contribution in [0, 0.1) is 6.92 Å². The molecule has 0 aliphatic rings. The average molecular weight is 237 g/mol. The molecule has 0 bridgehead atoms. The van der Waals surface area contributed by atoms with Gasteiger partial charge in [0.05, 0.1) is 0 Å². The van der Waals surface area contributed by atoms with Crippen LogP contribution < -0.4 is 5.32 Å². The van der Waals surface area contributed by atoms with Crippen molar-refractivity contribution < 1.29 is 0 Å². The second-order valence-corrected chi connectivity index (χ2v) is 4.46. The molecule has 0 spiro atoms. The lowest BCUT2D eigenvalue weighted by molar-refractivity contribution is 1.28. The number of nitrogens with zero attached hydrogens (tertiary/aromatic N) is 1. The van der Waals surface area contributed by atoms with Gasteiger partial charge in [-0.2, -0.15) is 0 Å². The molecule has 0 amide bonds. The number of aryl methyl sites for hydroxylation is 1. The van der Waals surface area contributed by atoms with Crippen LogP contribution in [0.3, 0.4) is 0 Å². The lowest BCUT2D eigenvalue weighted by atomic mass is 10.1. The van der Waals surface area contributed by atoms with Crippen LogP contribution in [-0.4, -0.2) is 17.0 Å². The van der Waals surface area contributed by atoms with E-state index in [0.29, 0.717) is 0 Å². The van der Waals surface area contributed by atoms with E-state index in [0.717, 1.165) is 17.1 Å². The number of anilines is 1. The Labute approximate surface area is 106 Å². The van der Waals surface area contributed by atoms with Crippen molar-refractivity contribution in [2.75, 3.05) is 12.4 Å². The van der Waals surface area contributed by atoms with E-state index in [1.165, 1.54) is 16.5 Å². The van der Waals surface area contributed by atoms with Crippen molar-refractivity contribution in [3.8, 4) is 11.3 Å². The molecule has 0 fully saturated rings. The number of H-pyrrole nitrogens is 1. The number of rotatable bonds is 2. The molecule has 0 aliphatic heterocycles. The van der Waals surface area contributed by atoms with Crippen LogP contribution in [-0.2, 0) is 0 Å². The molecule has 3 heteroatoms. The molecule has 3 rings (SSSR count). The third-order valence-corrected chi connectivity index (χ3v) is 3.11. The quantitative estimate of drug-likeness (QED) is 0.715. The van der Waals surface area contributed by atoms with Crippen molar-refractivity contribution in [3.05, 3.63) is 48.2 Å². The minimum atomic E-state index is 0.880. The minimum absolute atomic E-state index is 0.880. The van der Waals surface area contributed by atoms with E-state index >= 15 is 0 Å². The smallest absolute Gasteiger partial charge is 0.125 e. The Morgan fingerprint density at radius 1 is 1.11 bits per heavy atom. The van der Waals surface area contributed by atoms with E-state index < -0.39 is 0 Å². The maximum Gasteiger partial charge on any atom is 0.125 e. The number of benzene rings is 1. The first kappa shape index (κ1) is 10.8. The molecule has 3 nitrogen and oxygen atoms in total. The SMILES string of the molecule is CNc1ccc(-c2cc3ccc(C)cc3[nH]2)cn1. The van der Waals surface area contributed by atoms with Gasteiger partial charge in [-0.05, 0) is 36.8 Å². The number of pyridine rings is 1. The fourth-order valence-corrected chi connectivity index (χ4v) is 2.10. The first-order chi connectivity index (χ1) is 8.76. The van der Waals surface area contributed by atoms with Crippen LogP contribution >= 0.6 is 0 Å². The van der Waals surface area contributed by atoms with E-state index in [1.54, 1.807) is 0 Å². The molecule has 3 aromatic rings. The monoisotopic (exact) mass is 237 g/mol. The van der Waals surface area contributed by atoms with Crippen molar-refractivity contribution in [1.29, 1.82) is 0 Å². The zero-order valence-electron chi connectivity index (χ0n) is 10.5. The zero-order chi connectivity index (χ0) is 12.5. The lowest BCUT2D eigenvalue weighted by Gasteiger charge is -2.00. The highest BCUT2D eigenvalue weighted by Crippen LogP contribution is 2.24. The van der Waals surface area contributed by atoms with Crippen molar-refractivity contribution in [2.24, 2.45) is 0 Å². The first-order valence-electron chi connectivity index (χ1n) is 6.00. The summed E-state index contributed by atoms with van der Waals surface area (Å²) in [6.07, 6.45) is 1.88. The average Bonchev–Trinajstić information content (AvgIpc) is 2.81. The van der Waals surface area contributed by atoms with Crippen LogP contribution in [0.2, 0.25) is 0 Å². The van der Waals surface area contributed by atoms with Gasteiger partial charge in [0.25, 0.3) is 0 Å². The van der Waals surface area contributed by atoms with Crippen LogP contribution in [0.1, 0.15) is 5.56 Å². The maximum absolute atomic E-state index is 4.33. The Morgan fingerprint density at radius 2 is 2.00 bits per heavy atom. The summed E-state index contributed by atoms with van der Waals surface area (Å²) >= 11 is 0. The zero-order valence-corrected chi connectivity index (χ0v) is 10.5. The van der Waals surface area contributed by atoms with Gasteiger partial charge < -0.3 is 10.3 Å². The molecule has 2 heterocycles. The number of fused-ring (bicyclic) bond motifs is 1. The van der Waals surface area contributed by atoms with E-state index in [9.17, 15) is 0 Å². The fourth-order valence-electron chi connectivity index (χ4n) is 2.10. The Balaban J connectivity index is 2.07. The van der Waals surface area contributed by atoms with Crippen molar-refractivity contribution in [2.45, 2.75) is 6.92 Å². The van der Waals surface area contributed by atoms with Crippen LogP contribution in [0.15, 0.2) is 42.6 Å². The molecule has 2 aromatic heterocycles. The van der Waals surface area contributed by atoms with Crippen LogP contribution in [0.5, 0.6) is 0 Å². The number of nitrogens with one attached hydrogen (secondary N) is 2. The Kier molecular flexibility index (Phi) is 2.52. The van der Waals surface area contributed by atoms with Gasteiger partial charge in [0.15, 0.2) is 0 Å². The highest BCUT2D eigenvalue weighted by molar-refractivity contribution is 5.86. The van der Waals surface area contributed by atoms with Gasteiger partial charge in [-0.15, -0.1) is 0 Å². The summed E-state index contributed by atoms with van der Waals surface area (Å²) in [6, 6.07) is 12.6. The van der Waals surface area contributed by atoms with E-state index in [4.69, 9.17) is 0 Å². The highest BCUT2D eigenvalue weighted by atomic mass is 14.9. The molecule has 0 aliphatic carbocycles. The number of hydrogen-bond acceptors (Lipinski definition) is 2. The Hall–Kier alpha value is -2.29. The lowest BCUT2D eigenvalue weighted by Crippen LogP contribution is -1.91. The first-order valence-corrected chi connectivity index (χ1v) is 6.00. The third kappa shape index (κ3) is 1.84. The van der Waals surface area contributed by atoms with Gasteiger partial charge in [-0.25, -0.2) is 4.98 Å². The van der Waals surface area contributed by atoms with Crippen LogP contribution in [0.4, 0.5) is 5.82 Å². The van der Waals surface area contributed by atoms with Gasteiger partial charge in [0.1, 0.15) is 5.82 Å². The summed E-state index contributed by atoms with van der Waals surface area (Å²) in [7, 11) is 1.87. The predicted molar refractivity (Wildman–Crippen MR) is 75.8 cm³/mol. The maximum atomic E-state index is 4.33. The largest absolute Gasteiger partial charge is 0.373 e. The molecular weight excluding hydrogens is 222 g/mol. The number of aromatic nitrogens is 2. The molecule has 0 unspecified atom stereocenters. The second kappa shape index (κ2) is 4.18. The summed E-state index contributed by atoms with van der Waals surface area (Å²) in [5.41, 5.74) is 4.64. The summed E-state index contributed by atoms with van der Waals surface area (Å²) in [4.78, 5) is 7.76. The van der Waals surface area contributed by atoms with Crippen molar-refractivity contribution >= 4 is 16.7 Å². The molecule has 2 N–H and O–H groups in total. The highest BCUT2D eigenvalue weighted by Gasteiger charge is 2.03. The van der Waals surface area contributed by atoms with E-state index in [1.807, 2.05) is 19.3 Å². The van der Waals surface area contributed by atoms with Gasteiger partial charge in [0, 0.05) is 35.4 Å². The molecule has 1 aromatic carbocycles. The second-order valence-electron chi connectivity index (χ2n) is 4.46.